The van der Waals surface area contributed by atoms with Crippen LogP contribution < -0.4 is 11.1 Å². The van der Waals surface area contributed by atoms with Crippen molar-refractivity contribution in [2.45, 2.75) is 13.0 Å². The Morgan fingerprint density at radius 3 is 2.74 bits per heavy atom. The lowest BCUT2D eigenvalue weighted by Gasteiger charge is -2.06. The van der Waals surface area contributed by atoms with Crippen LogP contribution in [0.3, 0.4) is 0 Å². The molecule has 2 rings (SSSR count). The Morgan fingerprint density at radius 1 is 1.43 bits per heavy atom. The van der Waals surface area contributed by atoms with Crippen LogP contribution in [-0.2, 0) is 4.74 Å². The quantitative estimate of drug-likeness (QED) is 0.483. The van der Waals surface area contributed by atoms with Crippen LogP contribution >= 0.6 is 11.3 Å². The van der Waals surface area contributed by atoms with Gasteiger partial charge in [-0.25, -0.2) is 4.79 Å². The Labute approximate surface area is 139 Å². The van der Waals surface area contributed by atoms with Crippen molar-refractivity contribution < 1.29 is 14.8 Å². The third kappa shape index (κ3) is 4.50. The first-order valence-electron chi connectivity index (χ1n) is 7.17. The van der Waals surface area contributed by atoms with E-state index in [-0.39, 0.29) is 5.97 Å². The number of esters is 1. The second kappa shape index (κ2) is 8.25. The first-order valence-corrected chi connectivity index (χ1v) is 8.05. The Bertz CT molecular complexity index is 715. The standard InChI is InChI=1S/C17H17N3O2S/c1-2-22-17(21)12-5-7-14(8-6-12)20-11-13(10-18)16(19)15-4-3-9-23-15/h3-9,11,16,20H,2,19H2,1H3/p+1. The van der Waals surface area contributed by atoms with Gasteiger partial charge < -0.3 is 10.5 Å². The lowest BCUT2D eigenvalue weighted by molar-refractivity contribution is -0.497. The van der Waals surface area contributed by atoms with E-state index in [2.05, 4.69) is 6.07 Å². The largest absolute Gasteiger partial charge is 0.462 e. The number of thiophene rings is 1. The highest BCUT2D eigenvalue weighted by atomic mass is 32.1. The van der Waals surface area contributed by atoms with Gasteiger partial charge in [-0.1, -0.05) is 6.07 Å². The molecule has 0 spiro atoms. The van der Waals surface area contributed by atoms with Gasteiger partial charge in [-0.2, -0.15) is 5.26 Å². The van der Waals surface area contributed by atoms with E-state index in [9.17, 15) is 10.1 Å². The van der Waals surface area contributed by atoms with Crippen LogP contribution in [0.2, 0.25) is 0 Å². The zero-order valence-corrected chi connectivity index (χ0v) is 13.5. The van der Waals surface area contributed by atoms with Gasteiger partial charge in [0.15, 0.2) is 0 Å². The molecule has 0 radical (unpaired) electrons. The highest BCUT2D eigenvalue weighted by Crippen LogP contribution is 2.22. The van der Waals surface area contributed by atoms with Crippen LogP contribution in [0.25, 0.3) is 0 Å². The molecule has 0 bridgehead atoms. The summed E-state index contributed by atoms with van der Waals surface area (Å²) in [5, 5.41) is 13.0. The van der Waals surface area contributed by atoms with Gasteiger partial charge in [-0.15, -0.1) is 11.3 Å². The molecule has 1 aromatic carbocycles. The van der Waals surface area contributed by atoms with Crippen LogP contribution in [0.5, 0.6) is 0 Å². The van der Waals surface area contributed by atoms with Crippen molar-refractivity contribution >= 4 is 23.0 Å². The SMILES string of the molecule is CCOC(=O)c1ccc([NH2+]C=C(C#N)C(N)c2cccs2)cc1. The van der Waals surface area contributed by atoms with Crippen LogP contribution in [0.1, 0.15) is 28.2 Å². The van der Waals surface area contributed by atoms with Gasteiger partial charge in [0, 0.05) is 17.0 Å². The predicted molar refractivity (Wildman–Crippen MR) is 88.9 cm³/mol. The number of quaternary nitrogens is 1. The van der Waals surface area contributed by atoms with E-state index < -0.39 is 6.04 Å². The molecular formula is C17H18N3O2S+. The van der Waals surface area contributed by atoms with Crippen molar-refractivity contribution in [2.24, 2.45) is 5.73 Å². The second-order valence-electron chi connectivity index (χ2n) is 4.74. The highest BCUT2D eigenvalue weighted by molar-refractivity contribution is 7.10. The van der Waals surface area contributed by atoms with Crippen molar-refractivity contribution in [1.82, 2.24) is 0 Å². The molecule has 0 saturated heterocycles. The number of carbonyl (C=O) groups excluding carboxylic acids is 1. The van der Waals surface area contributed by atoms with Crippen LogP contribution in [0.4, 0.5) is 5.69 Å². The number of carbonyl (C=O) groups is 1. The minimum Gasteiger partial charge on any atom is -0.462 e. The molecule has 118 valence electrons. The molecule has 1 unspecified atom stereocenters. The van der Waals surface area contributed by atoms with Crippen molar-refractivity contribution in [1.29, 1.82) is 5.26 Å². The molecule has 5 nitrogen and oxygen atoms in total. The fourth-order valence-electron chi connectivity index (χ4n) is 1.96. The maximum Gasteiger partial charge on any atom is 0.338 e. The maximum atomic E-state index is 11.6. The fraction of sp³-hybridized carbons (Fsp3) is 0.176. The molecule has 6 heteroatoms. The molecular weight excluding hydrogens is 310 g/mol. The lowest BCUT2D eigenvalue weighted by Crippen LogP contribution is -2.71. The average molecular weight is 328 g/mol. The average Bonchev–Trinajstić information content (AvgIpc) is 3.10. The summed E-state index contributed by atoms with van der Waals surface area (Å²) in [4.78, 5) is 12.5. The highest BCUT2D eigenvalue weighted by Gasteiger charge is 2.14. The minimum atomic E-state index is -0.421. The molecule has 1 atom stereocenters. The summed E-state index contributed by atoms with van der Waals surface area (Å²) in [6.07, 6.45) is 1.71. The first-order chi connectivity index (χ1) is 11.2. The Morgan fingerprint density at radius 2 is 2.17 bits per heavy atom. The third-order valence-electron chi connectivity index (χ3n) is 3.19. The Kier molecular flexibility index (Phi) is 6.06. The molecule has 4 N–H and O–H groups in total. The van der Waals surface area contributed by atoms with E-state index in [1.54, 1.807) is 42.7 Å². The topological polar surface area (TPSA) is 92.7 Å². The summed E-state index contributed by atoms with van der Waals surface area (Å²) in [5.74, 6) is -0.341. The normalized spacial score (nSPS) is 12.5. The van der Waals surface area contributed by atoms with E-state index in [0.29, 0.717) is 17.7 Å². The number of ether oxygens (including phenoxy) is 1. The Hall–Kier alpha value is -2.46. The van der Waals surface area contributed by atoms with Crippen molar-refractivity contribution in [3.8, 4) is 6.07 Å². The molecule has 1 heterocycles. The molecule has 0 aliphatic carbocycles. The van der Waals surface area contributed by atoms with Crippen molar-refractivity contribution in [2.75, 3.05) is 6.61 Å². The number of nitrogens with two attached hydrogens (primary N) is 2. The summed E-state index contributed by atoms with van der Waals surface area (Å²) in [6, 6.07) is 12.5. The molecule has 1 aromatic heterocycles. The minimum absolute atomic E-state index is 0.341. The van der Waals surface area contributed by atoms with E-state index >= 15 is 0 Å². The van der Waals surface area contributed by atoms with Gasteiger partial charge in [0.05, 0.1) is 18.2 Å². The first kappa shape index (κ1) is 16.9. The smallest absolute Gasteiger partial charge is 0.338 e. The number of hydrogen-bond donors (Lipinski definition) is 2. The molecule has 0 amide bonds. The summed E-state index contributed by atoms with van der Waals surface area (Å²) in [6.45, 7) is 2.12. The van der Waals surface area contributed by atoms with Crippen molar-refractivity contribution in [3.05, 3.63) is 64.0 Å². The van der Waals surface area contributed by atoms with Crippen molar-refractivity contribution in [3.63, 3.8) is 0 Å². The van der Waals surface area contributed by atoms with Crippen LogP contribution in [0, 0.1) is 11.3 Å². The number of nitrogens with zero attached hydrogens (tertiary/aromatic N) is 1. The van der Waals surface area contributed by atoms with Gasteiger partial charge in [0.25, 0.3) is 0 Å². The van der Waals surface area contributed by atoms with Gasteiger partial charge >= 0.3 is 5.97 Å². The molecule has 2 aromatic rings. The summed E-state index contributed by atoms with van der Waals surface area (Å²) >= 11 is 1.52. The van der Waals surface area contributed by atoms with Gasteiger partial charge in [0.1, 0.15) is 23.5 Å². The van der Waals surface area contributed by atoms with Gasteiger partial charge in [-0.3, -0.25) is 5.32 Å². The number of hydrogen-bond acceptors (Lipinski definition) is 5. The van der Waals surface area contributed by atoms with E-state index in [0.717, 1.165) is 10.6 Å². The van der Waals surface area contributed by atoms with Crippen LogP contribution in [0.15, 0.2) is 53.6 Å². The number of rotatable bonds is 6. The molecule has 0 aliphatic rings. The van der Waals surface area contributed by atoms with Gasteiger partial charge in [-0.05, 0) is 30.5 Å². The lowest BCUT2D eigenvalue weighted by atomic mass is 10.1. The second-order valence-corrected chi connectivity index (χ2v) is 5.72. The van der Waals surface area contributed by atoms with E-state index in [4.69, 9.17) is 10.5 Å². The molecule has 0 aliphatic heterocycles. The number of benzene rings is 1. The maximum absolute atomic E-state index is 11.6. The van der Waals surface area contributed by atoms with E-state index in [1.807, 2.05) is 17.5 Å². The Balaban J connectivity index is 2.06. The number of nitriles is 1. The summed E-state index contributed by atoms with van der Waals surface area (Å²) < 4.78 is 4.94. The zero-order chi connectivity index (χ0) is 16.7. The predicted octanol–water partition coefficient (Wildman–Crippen LogP) is 2.23. The fourth-order valence-corrected chi connectivity index (χ4v) is 2.71. The summed E-state index contributed by atoms with van der Waals surface area (Å²) in [7, 11) is 0. The van der Waals surface area contributed by atoms with E-state index in [1.165, 1.54) is 11.3 Å². The zero-order valence-electron chi connectivity index (χ0n) is 12.7. The monoisotopic (exact) mass is 328 g/mol. The van der Waals surface area contributed by atoms with Gasteiger partial charge in [0.2, 0.25) is 0 Å². The summed E-state index contributed by atoms with van der Waals surface area (Å²) in [5.41, 5.74) is 7.96. The molecule has 0 saturated carbocycles. The van der Waals surface area contributed by atoms with Crippen LogP contribution in [-0.4, -0.2) is 12.6 Å². The molecule has 23 heavy (non-hydrogen) atoms. The third-order valence-corrected chi connectivity index (χ3v) is 4.15. The molecule has 0 fully saturated rings.